The van der Waals surface area contributed by atoms with Gasteiger partial charge in [-0.25, -0.2) is 0 Å². The monoisotopic (exact) mass is 241 g/mol. The van der Waals surface area contributed by atoms with Gasteiger partial charge in [0.1, 0.15) is 0 Å². The molecule has 2 heterocycles. The molecule has 0 radical (unpaired) electrons. The first-order valence-corrected chi connectivity index (χ1v) is 6.56. The number of aliphatic hydroxyl groups is 1. The van der Waals surface area contributed by atoms with Crippen molar-refractivity contribution in [2.75, 3.05) is 32.7 Å². The second-order valence-electron chi connectivity index (χ2n) is 5.11. The standard InChI is InChI=1S/C12H23N3O2/c1-3-14-4-5-15(8-9(14)2)12(17)11-6-10(16)7-13-11/h9-11,13,16H,3-8H2,1-2H3. The molecular weight excluding hydrogens is 218 g/mol. The lowest BCUT2D eigenvalue weighted by atomic mass is 10.1. The highest BCUT2D eigenvalue weighted by Crippen LogP contribution is 2.14. The first kappa shape index (κ1) is 12.8. The molecule has 0 spiro atoms. The lowest BCUT2D eigenvalue weighted by Crippen LogP contribution is -2.56. The minimum Gasteiger partial charge on any atom is -0.392 e. The lowest BCUT2D eigenvalue weighted by Gasteiger charge is -2.40. The van der Waals surface area contributed by atoms with E-state index in [1.54, 1.807) is 0 Å². The van der Waals surface area contributed by atoms with Crippen LogP contribution in [0.1, 0.15) is 20.3 Å². The summed E-state index contributed by atoms with van der Waals surface area (Å²) in [6.45, 7) is 8.48. The largest absolute Gasteiger partial charge is 0.392 e. The third-order valence-corrected chi connectivity index (χ3v) is 3.89. The van der Waals surface area contributed by atoms with Crippen molar-refractivity contribution in [3.05, 3.63) is 0 Å². The molecule has 0 aromatic heterocycles. The van der Waals surface area contributed by atoms with Crippen LogP contribution in [-0.4, -0.2) is 71.7 Å². The van der Waals surface area contributed by atoms with E-state index in [1.165, 1.54) is 0 Å². The zero-order valence-corrected chi connectivity index (χ0v) is 10.7. The fourth-order valence-corrected chi connectivity index (χ4v) is 2.79. The average molecular weight is 241 g/mol. The Morgan fingerprint density at radius 1 is 1.47 bits per heavy atom. The van der Waals surface area contributed by atoms with Gasteiger partial charge in [-0.1, -0.05) is 6.92 Å². The van der Waals surface area contributed by atoms with E-state index in [4.69, 9.17) is 0 Å². The van der Waals surface area contributed by atoms with Crippen LogP contribution < -0.4 is 5.32 Å². The maximum atomic E-state index is 12.2. The molecule has 2 aliphatic rings. The highest BCUT2D eigenvalue weighted by molar-refractivity contribution is 5.82. The van der Waals surface area contributed by atoms with Crippen molar-refractivity contribution in [2.24, 2.45) is 0 Å². The molecule has 0 aliphatic carbocycles. The Morgan fingerprint density at radius 2 is 2.24 bits per heavy atom. The van der Waals surface area contributed by atoms with Gasteiger partial charge in [-0.15, -0.1) is 0 Å². The van der Waals surface area contributed by atoms with Gasteiger partial charge in [0.05, 0.1) is 12.1 Å². The summed E-state index contributed by atoms with van der Waals surface area (Å²) >= 11 is 0. The highest BCUT2D eigenvalue weighted by atomic mass is 16.3. The SMILES string of the molecule is CCN1CCN(C(=O)C2CC(O)CN2)CC1C. The van der Waals surface area contributed by atoms with E-state index in [-0.39, 0.29) is 18.1 Å². The number of rotatable bonds is 2. The van der Waals surface area contributed by atoms with Crippen molar-refractivity contribution in [3.63, 3.8) is 0 Å². The van der Waals surface area contributed by atoms with Crippen LogP contribution in [0.15, 0.2) is 0 Å². The number of carbonyl (C=O) groups is 1. The molecular formula is C12H23N3O2. The molecule has 5 heteroatoms. The van der Waals surface area contributed by atoms with Gasteiger partial charge in [-0.05, 0) is 19.9 Å². The molecule has 0 aromatic rings. The maximum Gasteiger partial charge on any atom is 0.239 e. The third-order valence-electron chi connectivity index (χ3n) is 3.89. The quantitative estimate of drug-likeness (QED) is 0.669. The number of likely N-dealkylation sites (N-methyl/N-ethyl adjacent to an activating group) is 1. The summed E-state index contributed by atoms with van der Waals surface area (Å²) in [5.74, 6) is 0.157. The van der Waals surface area contributed by atoms with Crippen molar-refractivity contribution in [1.82, 2.24) is 15.1 Å². The van der Waals surface area contributed by atoms with Crippen LogP contribution in [-0.2, 0) is 4.79 Å². The summed E-state index contributed by atoms with van der Waals surface area (Å²) in [4.78, 5) is 16.5. The van der Waals surface area contributed by atoms with Crippen LogP contribution in [0.4, 0.5) is 0 Å². The molecule has 2 saturated heterocycles. The van der Waals surface area contributed by atoms with E-state index in [9.17, 15) is 9.90 Å². The van der Waals surface area contributed by atoms with Gasteiger partial charge in [0.15, 0.2) is 0 Å². The van der Waals surface area contributed by atoms with Crippen molar-refractivity contribution >= 4 is 5.91 Å². The van der Waals surface area contributed by atoms with E-state index in [0.29, 0.717) is 19.0 Å². The van der Waals surface area contributed by atoms with Gasteiger partial charge in [-0.2, -0.15) is 0 Å². The summed E-state index contributed by atoms with van der Waals surface area (Å²) in [6, 6.07) is 0.259. The lowest BCUT2D eigenvalue weighted by molar-refractivity contribution is -0.136. The predicted octanol–water partition coefficient (Wildman–Crippen LogP) is -0.738. The normalized spacial score (nSPS) is 35.2. The summed E-state index contributed by atoms with van der Waals surface area (Å²) in [6.07, 6.45) is 0.194. The van der Waals surface area contributed by atoms with Crippen LogP contribution in [0.2, 0.25) is 0 Å². The molecule has 3 atom stereocenters. The van der Waals surface area contributed by atoms with Gasteiger partial charge in [0.25, 0.3) is 0 Å². The van der Waals surface area contributed by atoms with Gasteiger partial charge in [-0.3, -0.25) is 9.69 Å². The molecule has 3 unspecified atom stereocenters. The number of carbonyl (C=O) groups excluding carboxylic acids is 1. The number of hydrogen-bond donors (Lipinski definition) is 2. The van der Waals surface area contributed by atoms with E-state index in [2.05, 4.69) is 24.1 Å². The number of β-amino-alcohol motifs (C(OH)–C–C–N with tert-alkyl or cyclic N) is 1. The van der Waals surface area contributed by atoms with Gasteiger partial charge in [0, 0.05) is 32.2 Å². The molecule has 0 saturated carbocycles. The Hall–Kier alpha value is -0.650. The Morgan fingerprint density at radius 3 is 2.76 bits per heavy atom. The smallest absolute Gasteiger partial charge is 0.239 e. The van der Waals surface area contributed by atoms with E-state index >= 15 is 0 Å². The van der Waals surface area contributed by atoms with Crippen LogP contribution in [0, 0.1) is 0 Å². The number of aliphatic hydroxyl groups excluding tert-OH is 1. The van der Waals surface area contributed by atoms with Crippen LogP contribution in [0.5, 0.6) is 0 Å². The van der Waals surface area contributed by atoms with Crippen molar-refractivity contribution < 1.29 is 9.90 Å². The molecule has 1 amide bonds. The average Bonchev–Trinajstić information content (AvgIpc) is 2.75. The molecule has 2 rings (SSSR count). The van der Waals surface area contributed by atoms with Crippen molar-refractivity contribution in [3.8, 4) is 0 Å². The molecule has 98 valence electrons. The summed E-state index contributed by atoms with van der Waals surface area (Å²) in [5.41, 5.74) is 0. The van der Waals surface area contributed by atoms with E-state index in [1.807, 2.05) is 4.90 Å². The second-order valence-corrected chi connectivity index (χ2v) is 5.11. The Kier molecular flexibility index (Phi) is 4.01. The molecule has 2 N–H and O–H groups in total. The zero-order chi connectivity index (χ0) is 12.4. The Labute approximate surface area is 103 Å². The number of nitrogens with zero attached hydrogens (tertiary/aromatic N) is 2. The second kappa shape index (κ2) is 5.33. The first-order valence-electron chi connectivity index (χ1n) is 6.56. The minimum absolute atomic E-state index is 0.157. The topological polar surface area (TPSA) is 55.8 Å². The van der Waals surface area contributed by atoms with Crippen LogP contribution >= 0.6 is 0 Å². The minimum atomic E-state index is -0.363. The fraction of sp³-hybridized carbons (Fsp3) is 0.917. The molecule has 2 fully saturated rings. The zero-order valence-electron chi connectivity index (χ0n) is 10.7. The Balaban J connectivity index is 1.89. The van der Waals surface area contributed by atoms with Crippen molar-refractivity contribution in [2.45, 2.75) is 38.5 Å². The molecule has 0 bridgehead atoms. The number of hydrogen-bond acceptors (Lipinski definition) is 4. The molecule has 0 aromatic carbocycles. The van der Waals surface area contributed by atoms with Crippen molar-refractivity contribution in [1.29, 1.82) is 0 Å². The van der Waals surface area contributed by atoms with E-state index < -0.39 is 0 Å². The maximum absolute atomic E-state index is 12.2. The molecule has 2 aliphatic heterocycles. The number of amides is 1. The number of piperazine rings is 1. The van der Waals surface area contributed by atoms with Crippen LogP contribution in [0.3, 0.4) is 0 Å². The van der Waals surface area contributed by atoms with Gasteiger partial charge < -0.3 is 15.3 Å². The summed E-state index contributed by atoms with van der Waals surface area (Å²) in [5, 5.41) is 12.5. The van der Waals surface area contributed by atoms with Gasteiger partial charge >= 0.3 is 0 Å². The van der Waals surface area contributed by atoms with Crippen LogP contribution in [0.25, 0.3) is 0 Å². The first-order chi connectivity index (χ1) is 8.11. The molecule has 5 nitrogen and oxygen atoms in total. The number of nitrogens with one attached hydrogen (secondary N) is 1. The fourth-order valence-electron chi connectivity index (χ4n) is 2.79. The highest BCUT2D eigenvalue weighted by Gasteiger charge is 2.34. The predicted molar refractivity (Wildman–Crippen MR) is 65.7 cm³/mol. The summed E-state index contributed by atoms with van der Waals surface area (Å²) in [7, 11) is 0. The van der Waals surface area contributed by atoms with E-state index in [0.717, 1.165) is 26.2 Å². The third kappa shape index (κ3) is 2.78. The van der Waals surface area contributed by atoms with Gasteiger partial charge in [0.2, 0.25) is 5.91 Å². The summed E-state index contributed by atoms with van der Waals surface area (Å²) < 4.78 is 0. The molecule has 17 heavy (non-hydrogen) atoms. The Bertz CT molecular complexity index is 285.